The van der Waals surface area contributed by atoms with Crippen molar-refractivity contribution in [3.63, 3.8) is 0 Å². The lowest BCUT2D eigenvalue weighted by atomic mass is 10.2. The number of aromatic nitrogens is 3. The maximum Gasteiger partial charge on any atom is 0.244 e. The van der Waals surface area contributed by atoms with E-state index in [-0.39, 0.29) is 5.91 Å². The highest BCUT2D eigenvalue weighted by atomic mass is 16.1. The minimum atomic E-state index is -0.156. The molecule has 0 unspecified atom stereocenters. The molecule has 0 bridgehead atoms. The first-order chi connectivity index (χ1) is 11.8. The summed E-state index contributed by atoms with van der Waals surface area (Å²) >= 11 is 0. The van der Waals surface area contributed by atoms with Gasteiger partial charge in [-0.15, -0.1) is 5.10 Å². The molecule has 3 aromatic rings. The van der Waals surface area contributed by atoms with Crippen LogP contribution in [0.25, 0.3) is 6.08 Å². The molecule has 0 atom stereocenters. The summed E-state index contributed by atoms with van der Waals surface area (Å²) in [6, 6.07) is 19.8. The van der Waals surface area contributed by atoms with Crippen molar-refractivity contribution in [2.45, 2.75) is 13.1 Å². The molecule has 0 aliphatic carbocycles. The van der Waals surface area contributed by atoms with Gasteiger partial charge in [0.2, 0.25) is 5.91 Å². The van der Waals surface area contributed by atoms with Crippen molar-refractivity contribution in [2.24, 2.45) is 0 Å². The third kappa shape index (κ3) is 4.64. The molecular weight excluding hydrogens is 300 g/mol. The molecule has 2 aromatic carbocycles. The molecule has 0 aliphatic heterocycles. The number of nitrogens with zero attached hydrogens (tertiary/aromatic N) is 3. The number of hydrogen-bond donors (Lipinski definition) is 1. The van der Waals surface area contributed by atoms with Crippen LogP contribution < -0.4 is 5.32 Å². The van der Waals surface area contributed by atoms with Gasteiger partial charge in [-0.3, -0.25) is 4.79 Å². The second kappa shape index (κ2) is 7.87. The summed E-state index contributed by atoms with van der Waals surface area (Å²) in [7, 11) is 0. The second-order valence-electron chi connectivity index (χ2n) is 5.36. The fourth-order valence-corrected chi connectivity index (χ4v) is 2.24. The van der Waals surface area contributed by atoms with E-state index in [2.05, 4.69) is 15.6 Å². The van der Waals surface area contributed by atoms with Gasteiger partial charge in [0.1, 0.15) is 5.69 Å². The molecule has 120 valence electrons. The average molecular weight is 318 g/mol. The van der Waals surface area contributed by atoms with Gasteiger partial charge in [0.05, 0.1) is 12.7 Å². The highest BCUT2D eigenvalue weighted by Gasteiger charge is 2.00. The Hall–Kier alpha value is -3.21. The number of rotatable bonds is 6. The zero-order valence-electron chi connectivity index (χ0n) is 13.2. The van der Waals surface area contributed by atoms with Gasteiger partial charge < -0.3 is 5.32 Å². The summed E-state index contributed by atoms with van der Waals surface area (Å²) in [6.45, 7) is 1.16. The molecule has 1 heterocycles. The van der Waals surface area contributed by atoms with Crippen LogP contribution in [0.2, 0.25) is 0 Å². The lowest BCUT2D eigenvalue weighted by molar-refractivity contribution is -0.116. The average Bonchev–Trinajstić information content (AvgIpc) is 3.07. The van der Waals surface area contributed by atoms with Crippen LogP contribution >= 0.6 is 0 Å². The number of carbonyl (C=O) groups excluding carboxylic acids is 1. The van der Waals surface area contributed by atoms with Crippen molar-refractivity contribution in [1.29, 1.82) is 0 Å². The molecule has 1 aromatic heterocycles. The zero-order valence-corrected chi connectivity index (χ0v) is 13.2. The zero-order chi connectivity index (χ0) is 16.6. The monoisotopic (exact) mass is 318 g/mol. The minimum Gasteiger partial charge on any atom is -0.348 e. The lowest BCUT2D eigenvalue weighted by Gasteiger charge is -2.01. The Labute approximate surface area is 140 Å². The molecule has 0 saturated carbocycles. The molecule has 0 saturated heterocycles. The summed E-state index contributed by atoms with van der Waals surface area (Å²) in [4.78, 5) is 11.8. The lowest BCUT2D eigenvalue weighted by Crippen LogP contribution is -2.20. The summed E-state index contributed by atoms with van der Waals surface area (Å²) in [5.74, 6) is -0.156. The molecule has 5 nitrogen and oxygen atoms in total. The van der Waals surface area contributed by atoms with Gasteiger partial charge in [0, 0.05) is 12.6 Å². The van der Waals surface area contributed by atoms with Gasteiger partial charge >= 0.3 is 0 Å². The molecule has 0 aliphatic rings. The number of carbonyl (C=O) groups is 1. The Morgan fingerprint density at radius 1 is 1.00 bits per heavy atom. The van der Waals surface area contributed by atoms with Gasteiger partial charge in [-0.2, -0.15) is 0 Å². The Kier molecular flexibility index (Phi) is 5.14. The molecule has 0 fully saturated rings. The standard InChI is InChI=1S/C19H18N4O/c24-19(20-13-16-7-3-1-4-8-16)12-11-18-15-23(22-21-18)14-17-9-5-2-6-10-17/h1-12,15H,13-14H2,(H,20,24)/b12-11+. The van der Waals surface area contributed by atoms with E-state index in [1.807, 2.05) is 66.9 Å². The quantitative estimate of drug-likeness (QED) is 0.711. The first-order valence-corrected chi connectivity index (χ1v) is 7.73. The molecule has 0 radical (unpaired) electrons. The SMILES string of the molecule is O=C(/C=C/c1cn(Cc2ccccc2)nn1)NCc1ccccc1. The maximum absolute atomic E-state index is 11.8. The molecule has 24 heavy (non-hydrogen) atoms. The normalized spacial score (nSPS) is 10.8. The first-order valence-electron chi connectivity index (χ1n) is 7.73. The van der Waals surface area contributed by atoms with Crippen molar-refractivity contribution in [3.8, 4) is 0 Å². The topological polar surface area (TPSA) is 59.8 Å². The van der Waals surface area contributed by atoms with Crippen LogP contribution in [0.4, 0.5) is 0 Å². The summed E-state index contributed by atoms with van der Waals surface area (Å²) in [5.41, 5.74) is 2.87. The van der Waals surface area contributed by atoms with Crippen molar-refractivity contribution >= 4 is 12.0 Å². The largest absolute Gasteiger partial charge is 0.348 e. The van der Waals surface area contributed by atoms with E-state index in [1.54, 1.807) is 10.8 Å². The smallest absolute Gasteiger partial charge is 0.244 e. The number of nitrogens with one attached hydrogen (secondary N) is 1. The Bertz CT molecular complexity index is 810. The van der Waals surface area contributed by atoms with Crippen molar-refractivity contribution in [2.75, 3.05) is 0 Å². The number of hydrogen-bond acceptors (Lipinski definition) is 3. The van der Waals surface area contributed by atoms with Crippen LogP contribution in [-0.4, -0.2) is 20.9 Å². The van der Waals surface area contributed by atoms with Crippen molar-refractivity contribution in [1.82, 2.24) is 20.3 Å². The van der Waals surface area contributed by atoms with Crippen LogP contribution in [-0.2, 0) is 17.9 Å². The molecular formula is C19H18N4O. The van der Waals surface area contributed by atoms with E-state index in [4.69, 9.17) is 0 Å². The minimum absolute atomic E-state index is 0.156. The Morgan fingerprint density at radius 2 is 1.67 bits per heavy atom. The maximum atomic E-state index is 11.8. The van der Waals surface area contributed by atoms with Crippen LogP contribution in [0, 0.1) is 0 Å². The summed E-state index contributed by atoms with van der Waals surface area (Å²) < 4.78 is 1.75. The Morgan fingerprint density at radius 3 is 2.38 bits per heavy atom. The number of benzene rings is 2. The molecule has 5 heteroatoms. The van der Waals surface area contributed by atoms with Crippen LogP contribution in [0.5, 0.6) is 0 Å². The predicted octanol–water partition coefficient (Wildman–Crippen LogP) is 2.66. The van der Waals surface area contributed by atoms with Crippen LogP contribution in [0.1, 0.15) is 16.8 Å². The van der Waals surface area contributed by atoms with Gasteiger partial charge in [-0.25, -0.2) is 4.68 Å². The van der Waals surface area contributed by atoms with Gasteiger partial charge in [0.15, 0.2) is 0 Å². The third-order valence-electron chi connectivity index (χ3n) is 3.46. The highest BCUT2D eigenvalue weighted by molar-refractivity contribution is 5.91. The first kappa shape index (κ1) is 15.7. The molecule has 0 spiro atoms. The predicted molar refractivity (Wildman–Crippen MR) is 92.9 cm³/mol. The van der Waals surface area contributed by atoms with Gasteiger partial charge in [0.25, 0.3) is 0 Å². The van der Waals surface area contributed by atoms with Crippen LogP contribution in [0.15, 0.2) is 72.9 Å². The summed E-state index contributed by atoms with van der Waals surface area (Å²) in [6.07, 6.45) is 4.95. The van der Waals surface area contributed by atoms with E-state index in [0.29, 0.717) is 18.8 Å². The van der Waals surface area contributed by atoms with E-state index >= 15 is 0 Å². The summed E-state index contributed by atoms with van der Waals surface area (Å²) in [5, 5.41) is 11.0. The fourth-order valence-electron chi connectivity index (χ4n) is 2.24. The van der Waals surface area contributed by atoms with Crippen molar-refractivity contribution in [3.05, 3.63) is 89.8 Å². The molecule has 1 N–H and O–H groups in total. The van der Waals surface area contributed by atoms with E-state index in [9.17, 15) is 4.79 Å². The van der Waals surface area contributed by atoms with Crippen LogP contribution in [0.3, 0.4) is 0 Å². The Balaban J connectivity index is 1.52. The van der Waals surface area contributed by atoms with E-state index < -0.39 is 0 Å². The third-order valence-corrected chi connectivity index (χ3v) is 3.46. The van der Waals surface area contributed by atoms with Gasteiger partial charge in [-0.05, 0) is 17.2 Å². The van der Waals surface area contributed by atoms with E-state index in [0.717, 1.165) is 11.1 Å². The number of amides is 1. The second-order valence-corrected chi connectivity index (χ2v) is 5.36. The molecule has 1 amide bonds. The van der Waals surface area contributed by atoms with Gasteiger partial charge in [-0.1, -0.05) is 65.9 Å². The molecule has 3 rings (SSSR count). The highest BCUT2D eigenvalue weighted by Crippen LogP contribution is 2.03. The fraction of sp³-hybridized carbons (Fsp3) is 0.105. The van der Waals surface area contributed by atoms with E-state index in [1.165, 1.54) is 6.08 Å². The van der Waals surface area contributed by atoms with Crippen molar-refractivity contribution < 1.29 is 4.79 Å².